The Balaban J connectivity index is 1.39. The highest BCUT2D eigenvalue weighted by Crippen LogP contribution is 2.48. The van der Waals surface area contributed by atoms with Gasteiger partial charge in [-0.05, 0) is 62.1 Å². The van der Waals surface area contributed by atoms with E-state index < -0.39 is 0 Å². The number of benzene rings is 1. The summed E-state index contributed by atoms with van der Waals surface area (Å²) in [5, 5.41) is 0. The lowest BCUT2D eigenvalue weighted by atomic mass is 9.87. The van der Waals surface area contributed by atoms with Gasteiger partial charge in [0.15, 0.2) is 0 Å². The van der Waals surface area contributed by atoms with E-state index in [0.29, 0.717) is 17.7 Å². The molecule has 0 N–H and O–H groups in total. The third-order valence-electron chi connectivity index (χ3n) is 6.56. The lowest BCUT2D eigenvalue weighted by molar-refractivity contribution is -0.137. The minimum atomic E-state index is 0.348. The van der Waals surface area contributed by atoms with Crippen LogP contribution in [0.4, 0.5) is 5.69 Å². The zero-order chi connectivity index (χ0) is 16.0. The number of rotatable bonds is 2. The van der Waals surface area contributed by atoms with E-state index in [1.807, 2.05) is 0 Å². The summed E-state index contributed by atoms with van der Waals surface area (Å²) in [4.78, 5) is 17.5. The molecule has 0 aromatic heterocycles. The minimum Gasteiger partial charge on any atom is -0.368 e. The smallest absolute Gasteiger partial charge is 0.226 e. The van der Waals surface area contributed by atoms with Crippen LogP contribution in [0.3, 0.4) is 0 Å². The van der Waals surface area contributed by atoms with E-state index in [1.165, 1.54) is 42.5 Å². The molecular weight excluding hydrogens is 284 g/mol. The van der Waals surface area contributed by atoms with E-state index >= 15 is 0 Å². The summed E-state index contributed by atoms with van der Waals surface area (Å²) in [7, 11) is 0. The highest BCUT2D eigenvalue weighted by atomic mass is 16.2. The molecule has 2 bridgehead atoms. The Morgan fingerprint density at radius 3 is 2.48 bits per heavy atom. The molecule has 2 aliphatic carbocycles. The molecule has 4 rings (SSSR count). The quantitative estimate of drug-likeness (QED) is 0.836. The summed E-state index contributed by atoms with van der Waals surface area (Å²) >= 11 is 0. The van der Waals surface area contributed by atoms with Crippen molar-refractivity contribution in [1.29, 1.82) is 0 Å². The Morgan fingerprint density at radius 1 is 1.04 bits per heavy atom. The van der Waals surface area contributed by atoms with Gasteiger partial charge in [0.25, 0.3) is 0 Å². The van der Waals surface area contributed by atoms with E-state index in [-0.39, 0.29) is 0 Å². The molecule has 1 amide bonds. The zero-order valence-corrected chi connectivity index (χ0v) is 14.4. The average molecular weight is 312 g/mol. The summed E-state index contributed by atoms with van der Waals surface area (Å²) in [5.41, 5.74) is 4.07. The lowest BCUT2D eigenvalue weighted by Crippen LogP contribution is -2.51. The molecule has 0 radical (unpaired) electrons. The fourth-order valence-electron chi connectivity index (χ4n) is 5.03. The van der Waals surface area contributed by atoms with Crippen LogP contribution in [0, 0.1) is 31.6 Å². The molecule has 1 heterocycles. The molecule has 2 saturated carbocycles. The first-order valence-electron chi connectivity index (χ1n) is 9.23. The Morgan fingerprint density at radius 2 is 1.83 bits per heavy atom. The van der Waals surface area contributed by atoms with Gasteiger partial charge in [0, 0.05) is 37.8 Å². The van der Waals surface area contributed by atoms with Crippen LogP contribution in [0.15, 0.2) is 18.2 Å². The van der Waals surface area contributed by atoms with Gasteiger partial charge in [-0.1, -0.05) is 18.6 Å². The fraction of sp³-hybridized carbons (Fsp3) is 0.650. The molecule has 3 aliphatic rings. The van der Waals surface area contributed by atoms with Crippen LogP contribution in [0.25, 0.3) is 0 Å². The minimum absolute atomic E-state index is 0.348. The number of aryl methyl sites for hydroxylation is 1. The predicted octanol–water partition coefficient (Wildman–Crippen LogP) is 3.39. The van der Waals surface area contributed by atoms with Gasteiger partial charge >= 0.3 is 0 Å². The molecule has 1 aromatic rings. The van der Waals surface area contributed by atoms with Crippen molar-refractivity contribution in [3.8, 4) is 0 Å². The normalized spacial score (nSPS) is 30.1. The number of piperazine rings is 1. The fourth-order valence-corrected chi connectivity index (χ4v) is 5.03. The number of anilines is 1. The summed E-state index contributed by atoms with van der Waals surface area (Å²) in [5.74, 6) is 2.36. The first-order valence-corrected chi connectivity index (χ1v) is 9.23. The van der Waals surface area contributed by atoms with Gasteiger partial charge in [-0.2, -0.15) is 0 Å². The Hall–Kier alpha value is -1.51. The van der Waals surface area contributed by atoms with Crippen molar-refractivity contribution < 1.29 is 4.79 Å². The maximum Gasteiger partial charge on any atom is 0.226 e. The van der Waals surface area contributed by atoms with Crippen LogP contribution in [-0.4, -0.2) is 37.0 Å². The molecule has 1 aromatic carbocycles. The van der Waals surface area contributed by atoms with Crippen LogP contribution in [0.1, 0.15) is 36.8 Å². The molecule has 0 spiro atoms. The number of hydrogen-bond donors (Lipinski definition) is 0. The van der Waals surface area contributed by atoms with E-state index in [4.69, 9.17) is 0 Å². The molecule has 3 nitrogen and oxygen atoms in total. The number of fused-ring (bicyclic) bond motifs is 2. The molecule has 1 saturated heterocycles. The number of amides is 1. The third-order valence-corrected chi connectivity index (χ3v) is 6.56. The van der Waals surface area contributed by atoms with Crippen LogP contribution >= 0.6 is 0 Å². The number of carbonyl (C=O) groups excluding carboxylic acids is 1. The molecule has 3 atom stereocenters. The van der Waals surface area contributed by atoms with E-state index in [0.717, 1.165) is 32.1 Å². The molecule has 3 fully saturated rings. The first-order chi connectivity index (χ1) is 11.1. The first kappa shape index (κ1) is 15.0. The van der Waals surface area contributed by atoms with Crippen molar-refractivity contribution in [3.63, 3.8) is 0 Å². The van der Waals surface area contributed by atoms with Gasteiger partial charge in [0.05, 0.1) is 0 Å². The molecule has 3 heteroatoms. The second-order valence-corrected chi connectivity index (χ2v) is 7.81. The SMILES string of the molecule is Cc1cccc(N2CCN(C(=O)[C@H]3C[C@H]4CC[C@H]3C4)CC2)c1C. The van der Waals surface area contributed by atoms with Crippen molar-refractivity contribution in [1.82, 2.24) is 4.90 Å². The molecule has 1 aliphatic heterocycles. The summed E-state index contributed by atoms with van der Waals surface area (Å²) in [6.07, 6.45) is 5.15. The van der Waals surface area contributed by atoms with Gasteiger partial charge in [0.1, 0.15) is 0 Å². The van der Waals surface area contributed by atoms with Crippen LogP contribution in [-0.2, 0) is 4.79 Å². The highest BCUT2D eigenvalue weighted by molar-refractivity contribution is 5.80. The summed E-state index contributed by atoms with van der Waals surface area (Å²) in [6, 6.07) is 6.54. The predicted molar refractivity (Wildman–Crippen MR) is 93.6 cm³/mol. The maximum absolute atomic E-state index is 12.9. The second kappa shape index (κ2) is 5.85. The lowest BCUT2D eigenvalue weighted by Gasteiger charge is -2.39. The largest absolute Gasteiger partial charge is 0.368 e. The van der Waals surface area contributed by atoms with Gasteiger partial charge in [-0.3, -0.25) is 4.79 Å². The monoisotopic (exact) mass is 312 g/mol. The van der Waals surface area contributed by atoms with Gasteiger partial charge in [-0.15, -0.1) is 0 Å². The average Bonchev–Trinajstić information content (AvgIpc) is 3.20. The van der Waals surface area contributed by atoms with Crippen LogP contribution in [0.5, 0.6) is 0 Å². The Kier molecular flexibility index (Phi) is 3.82. The molecule has 0 unspecified atom stereocenters. The highest BCUT2D eigenvalue weighted by Gasteiger charge is 2.44. The summed E-state index contributed by atoms with van der Waals surface area (Å²) < 4.78 is 0. The van der Waals surface area contributed by atoms with Crippen molar-refractivity contribution in [2.24, 2.45) is 17.8 Å². The molecular formula is C20H28N2O. The standard InChI is InChI=1S/C20H28N2O/c1-14-4-3-5-19(15(14)2)21-8-10-22(11-9-21)20(23)18-13-16-6-7-17(18)12-16/h3-5,16-18H,6-13H2,1-2H3/t16-,17-,18-/m0/s1. The van der Waals surface area contributed by atoms with E-state index in [9.17, 15) is 4.79 Å². The van der Waals surface area contributed by atoms with E-state index in [1.54, 1.807) is 0 Å². The molecule has 124 valence electrons. The van der Waals surface area contributed by atoms with Gasteiger partial charge in [-0.25, -0.2) is 0 Å². The van der Waals surface area contributed by atoms with Crippen LogP contribution in [0.2, 0.25) is 0 Å². The van der Waals surface area contributed by atoms with Crippen LogP contribution < -0.4 is 4.90 Å². The second-order valence-electron chi connectivity index (χ2n) is 7.81. The number of hydrogen-bond acceptors (Lipinski definition) is 2. The van der Waals surface area contributed by atoms with Crippen molar-refractivity contribution in [3.05, 3.63) is 29.3 Å². The van der Waals surface area contributed by atoms with Crippen molar-refractivity contribution in [2.75, 3.05) is 31.1 Å². The number of carbonyl (C=O) groups is 1. The van der Waals surface area contributed by atoms with Gasteiger partial charge in [0.2, 0.25) is 5.91 Å². The topological polar surface area (TPSA) is 23.6 Å². The Bertz CT molecular complexity index is 604. The Labute approximate surface area is 139 Å². The van der Waals surface area contributed by atoms with Crippen molar-refractivity contribution in [2.45, 2.75) is 39.5 Å². The van der Waals surface area contributed by atoms with Crippen molar-refractivity contribution >= 4 is 11.6 Å². The number of nitrogens with zero attached hydrogens (tertiary/aromatic N) is 2. The maximum atomic E-state index is 12.9. The third kappa shape index (κ3) is 2.64. The zero-order valence-electron chi connectivity index (χ0n) is 14.4. The van der Waals surface area contributed by atoms with Gasteiger partial charge < -0.3 is 9.80 Å². The summed E-state index contributed by atoms with van der Waals surface area (Å²) in [6.45, 7) is 8.10. The molecule has 23 heavy (non-hydrogen) atoms. The van der Waals surface area contributed by atoms with E-state index in [2.05, 4.69) is 41.8 Å².